The van der Waals surface area contributed by atoms with E-state index >= 15 is 0 Å². The van der Waals surface area contributed by atoms with Crippen LogP contribution >= 0.6 is 22.7 Å². The summed E-state index contributed by atoms with van der Waals surface area (Å²) >= 11 is 2.35. The molecule has 0 amide bonds. The van der Waals surface area contributed by atoms with Crippen LogP contribution in [0.2, 0.25) is 0 Å². The molecule has 250 valence electrons. The summed E-state index contributed by atoms with van der Waals surface area (Å²) in [6, 6.07) is 24.2. The summed E-state index contributed by atoms with van der Waals surface area (Å²) in [6.45, 7) is 5.30. The first kappa shape index (κ1) is 35.9. The van der Waals surface area contributed by atoms with Crippen LogP contribution in [-0.4, -0.2) is 60.9 Å². The first-order valence-electron chi connectivity index (χ1n) is 15.1. The van der Waals surface area contributed by atoms with Crippen LogP contribution in [0, 0.1) is 0 Å². The third-order valence-electron chi connectivity index (χ3n) is 7.16. The minimum absolute atomic E-state index is 0.155. The van der Waals surface area contributed by atoms with Gasteiger partial charge in [-0.25, -0.2) is 9.59 Å². The molecule has 48 heavy (non-hydrogen) atoms. The molecule has 4 atom stereocenters. The molecule has 2 aromatic carbocycles. The van der Waals surface area contributed by atoms with Crippen LogP contribution < -0.4 is 0 Å². The SMILES string of the molecule is C[C@H](OC(=O)[C@H](C)c1ccc(C(=O)c2ccccc2)s1)C(=O)OCCOC(=O)[C@H](C)OC(=O)[C@H](C)c1ccc(C(=O)c2ccccc2)s1. The lowest BCUT2D eigenvalue weighted by Crippen LogP contribution is -2.31. The molecular formula is C36H34O10S2. The molecule has 0 saturated heterocycles. The maximum atomic E-state index is 12.7. The van der Waals surface area contributed by atoms with Crippen molar-refractivity contribution in [3.8, 4) is 0 Å². The van der Waals surface area contributed by atoms with Crippen molar-refractivity contribution in [1.82, 2.24) is 0 Å². The Labute approximate surface area is 285 Å². The fourth-order valence-corrected chi connectivity index (χ4v) is 6.30. The average molecular weight is 691 g/mol. The molecule has 10 nitrogen and oxygen atoms in total. The fourth-order valence-electron chi connectivity index (χ4n) is 4.28. The first-order chi connectivity index (χ1) is 23.0. The van der Waals surface area contributed by atoms with Crippen molar-refractivity contribution in [3.05, 3.63) is 116 Å². The van der Waals surface area contributed by atoms with E-state index in [1.54, 1.807) is 86.6 Å². The van der Waals surface area contributed by atoms with E-state index in [-0.39, 0.29) is 24.8 Å². The molecule has 0 N–H and O–H groups in total. The number of ether oxygens (including phenoxy) is 4. The quantitative estimate of drug-likeness (QED) is 0.0620. The second kappa shape index (κ2) is 16.8. The van der Waals surface area contributed by atoms with Gasteiger partial charge < -0.3 is 18.9 Å². The van der Waals surface area contributed by atoms with Crippen LogP contribution in [0.15, 0.2) is 84.9 Å². The van der Waals surface area contributed by atoms with Crippen LogP contribution in [0.5, 0.6) is 0 Å². The minimum atomic E-state index is -1.23. The maximum Gasteiger partial charge on any atom is 0.347 e. The Kier molecular flexibility index (Phi) is 12.5. The number of carbonyl (C=O) groups excluding carboxylic acids is 6. The summed E-state index contributed by atoms with van der Waals surface area (Å²) in [7, 11) is 0. The number of hydrogen-bond acceptors (Lipinski definition) is 12. The van der Waals surface area contributed by atoms with E-state index in [1.807, 2.05) is 12.1 Å². The van der Waals surface area contributed by atoms with Gasteiger partial charge in [-0.05, 0) is 52.0 Å². The summed E-state index contributed by atoms with van der Waals surface area (Å²) in [5, 5.41) is 0. The summed E-state index contributed by atoms with van der Waals surface area (Å²) in [6.07, 6.45) is -2.47. The van der Waals surface area contributed by atoms with Crippen LogP contribution in [0.4, 0.5) is 0 Å². The van der Waals surface area contributed by atoms with E-state index in [9.17, 15) is 28.8 Å². The molecule has 0 unspecified atom stereocenters. The Morgan fingerprint density at radius 2 is 0.854 bits per heavy atom. The highest BCUT2D eigenvalue weighted by atomic mass is 32.1. The summed E-state index contributed by atoms with van der Waals surface area (Å²) in [5.41, 5.74) is 1.07. The Balaban J connectivity index is 1.16. The molecule has 0 bridgehead atoms. The molecule has 0 aliphatic carbocycles. The van der Waals surface area contributed by atoms with Gasteiger partial charge in [0.15, 0.2) is 12.2 Å². The van der Waals surface area contributed by atoms with Gasteiger partial charge in [0.2, 0.25) is 11.6 Å². The van der Waals surface area contributed by atoms with E-state index < -0.39 is 47.9 Å². The second-order valence-electron chi connectivity index (χ2n) is 10.7. The zero-order chi connectivity index (χ0) is 34.8. The standard InChI is InChI=1S/C36H34O10S2/c1-21(27-15-17-29(47-27)31(37)25-11-7-5-8-12-25)33(39)45-23(3)35(41)43-19-20-44-36(42)24(4)46-34(40)22(2)28-16-18-30(48-28)32(38)26-13-9-6-10-14-26/h5-18,21-24H,19-20H2,1-4H3/t21-,22-,23+,24+/m1/s1. The Bertz CT molecular complexity index is 1630. The average Bonchev–Trinajstić information content (AvgIpc) is 3.80. The first-order valence-corrected chi connectivity index (χ1v) is 16.7. The largest absolute Gasteiger partial charge is 0.459 e. The summed E-state index contributed by atoms with van der Waals surface area (Å²) in [4.78, 5) is 77.6. The molecule has 4 rings (SSSR count). The van der Waals surface area contributed by atoms with Crippen LogP contribution in [0.1, 0.15) is 79.8 Å². The number of thiophene rings is 2. The lowest BCUT2D eigenvalue weighted by atomic mass is 10.1. The van der Waals surface area contributed by atoms with Gasteiger partial charge in [0, 0.05) is 20.9 Å². The monoisotopic (exact) mass is 690 g/mol. The third-order valence-corrected chi connectivity index (χ3v) is 9.69. The molecule has 0 saturated carbocycles. The lowest BCUT2D eigenvalue weighted by Gasteiger charge is -2.17. The molecule has 0 spiro atoms. The van der Waals surface area contributed by atoms with E-state index in [0.717, 1.165) is 0 Å². The zero-order valence-electron chi connectivity index (χ0n) is 26.7. The van der Waals surface area contributed by atoms with Gasteiger partial charge in [-0.2, -0.15) is 0 Å². The molecule has 0 radical (unpaired) electrons. The smallest absolute Gasteiger partial charge is 0.347 e. The van der Waals surface area contributed by atoms with Crippen molar-refractivity contribution >= 4 is 58.1 Å². The Morgan fingerprint density at radius 1 is 0.500 bits per heavy atom. The molecular weight excluding hydrogens is 657 g/mol. The number of rotatable bonds is 15. The highest BCUT2D eigenvalue weighted by Gasteiger charge is 2.28. The number of esters is 4. The van der Waals surface area contributed by atoms with Crippen molar-refractivity contribution in [1.29, 1.82) is 0 Å². The predicted octanol–water partition coefficient (Wildman–Crippen LogP) is 6.13. The van der Waals surface area contributed by atoms with Gasteiger partial charge in [-0.1, -0.05) is 60.7 Å². The number of hydrogen-bond donors (Lipinski definition) is 0. The third kappa shape index (κ3) is 9.33. The molecule has 0 aliphatic heterocycles. The van der Waals surface area contributed by atoms with E-state index in [4.69, 9.17) is 18.9 Å². The van der Waals surface area contributed by atoms with Gasteiger partial charge >= 0.3 is 23.9 Å². The van der Waals surface area contributed by atoms with Crippen molar-refractivity contribution in [2.45, 2.75) is 51.7 Å². The minimum Gasteiger partial charge on any atom is -0.459 e. The van der Waals surface area contributed by atoms with Crippen molar-refractivity contribution in [3.63, 3.8) is 0 Å². The summed E-state index contributed by atoms with van der Waals surface area (Å²) in [5.74, 6) is -4.78. The maximum absolute atomic E-state index is 12.7. The van der Waals surface area contributed by atoms with Gasteiger partial charge in [0.05, 0.1) is 21.6 Å². The van der Waals surface area contributed by atoms with Crippen LogP contribution in [0.25, 0.3) is 0 Å². The zero-order valence-corrected chi connectivity index (χ0v) is 28.3. The van der Waals surface area contributed by atoms with Gasteiger partial charge in [0.1, 0.15) is 13.2 Å². The van der Waals surface area contributed by atoms with Gasteiger partial charge in [0.25, 0.3) is 0 Å². The predicted molar refractivity (Wildman–Crippen MR) is 178 cm³/mol. The molecule has 2 heterocycles. The van der Waals surface area contributed by atoms with Crippen LogP contribution in [0.3, 0.4) is 0 Å². The van der Waals surface area contributed by atoms with Gasteiger partial charge in [-0.3, -0.25) is 19.2 Å². The van der Waals surface area contributed by atoms with Crippen molar-refractivity contribution in [2.75, 3.05) is 13.2 Å². The van der Waals surface area contributed by atoms with E-state index in [2.05, 4.69) is 0 Å². The second-order valence-corrected chi connectivity index (χ2v) is 13.0. The molecule has 2 aromatic heterocycles. The number of ketones is 2. The van der Waals surface area contributed by atoms with Gasteiger partial charge in [-0.15, -0.1) is 22.7 Å². The van der Waals surface area contributed by atoms with Crippen molar-refractivity contribution in [2.24, 2.45) is 0 Å². The highest BCUT2D eigenvalue weighted by Crippen LogP contribution is 2.29. The molecule has 0 aliphatic rings. The number of benzene rings is 2. The molecule has 12 heteroatoms. The molecule has 4 aromatic rings. The Hall–Kier alpha value is -4.94. The normalized spacial score (nSPS) is 13.3. The fraction of sp³-hybridized carbons (Fsp3) is 0.278. The van der Waals surface area contributed by atoms with E-state index in [1.165, 1.54) is 36.5 Å². The topological polar surface area (TPSA) is 139 Å². The van der Waals surface area contributed by atoms with Crippen molar-refractivity contribution < 1.29 is 47.7 Å². The number of carbonyl (C=O) groups is 6. The lowest BCUT2D eigenvalue weighted by molar-refractivity contribution is -0.172. The summed E-state index contributed by atoms with van der Waals surface area (Å²) < 4.78 is 20.7. The Morgan fingerprint density at radius 3 is 1.21 bits per heavy atom. The van der Waals surface area contributed by atoms with Crippen LogP contribution in [-0.2, 0) is 38.1 Å². The molecule has 0 fully saturated rings. The highest BCUT2D eigenvalue weighted by molar-refractivity contribution is 7.14. The van der Waals surface area contributed by atoms with E-state index in [0.29, 0.717) is 30.6 Å².